The number of aryl methyl sites for hydroxylation is 1. The Morgan fingerprint density at radius 1 is 1.37 bits per heavy atom. The number of para-hydroxylation sites is 1. The molecule has 0 saturated carbocycles. The lowest BCUT2D eigenvalue weighted by molar-refractivity contribution is -0.117. The van der Waals surface area contributed by atoms with Crippen LogP contribution in [0.3, 0.4) is 0 Å². The number of ether oxygens (including phenoxy) is 1. The van der Waals surface area contributed by atoms with E-state index in [4.69, 9.17) is 22.1 Å². The SMILES string of the molecule is CCOCN(C(=O)CCl)c1c(CC)cccc1CN. The van der Waals surface area contributed by atoms with E-state index < -0.39 is 0 Å². The zero-order valence-electron chi connectivity index (χ0n) is 11.5. The number of nitrogens with zero attached hydrogens (tertiary/aromatic N) is 1. The van der Waals surface area contributed by atoms with Crippen molar-refractivity contribution in [2.75, 3.05) is 24.1 Å². The summed E-state index contributed by atoms with van der Waals surface area (Å²) >= 11 is 5.69. The van der Waals surface area contributed by atoms with Gasteiger partial charge < -0.3 is 10.5 Å². The molecule has 19 heavy (non-hydrogen) atoms. The summed E-state index contributed by atoms with van der Waals surface area (Å²) < 4.78 is 5.38. The molecule has 1 rings (SSSR count). The Morgan fingerprint density at radius 3 is 2.58 bits per heavy atom. The molecule has 4 nitrogen and oxygen atoms in total. The minimum Gasteiger partial charge on any atom is -0.361 e. The average molecular weight is 285 g/mol. The third-order valence-corrected chi connectivity index (χ3v) is 3.14. The molecule has 0 radical (unpaired) electrons. The van der Waals surface area contributed by atoms with Gasteiger partial charge in [-0.2, -0.15) is 0 Å². The van der Waals surface area contributed by atoms with Gasteiger partial charge in [0.15, 0.2) is 0 Å². The van der Waals surface area contributed by atoms with Crippen molar-refractivity contribution in [3.05, 3.63) is 29.3 Å². The van der Waals surface area contributed by atoms with Gasteiger partial charge in [0.1, 0.15) is 12.6 Å². The van der Waals surface area contributed by atoms with Crippen LogP contribution in [0.15, 0.2) is 18.2 Å². The van der Waals surface area contributed by atoms with Gasteiger partial charge in [0.25, 0.3) is 0 Å². The van der Waals surface area contributed by atoms with Crippen LogP contribution in [-0.4, -0.2) is 25.1 Å². The predicted molar refractivity (Wildman–Crippen MR) is 78.4 cm³/mol. The van der Waals surface area contributed by atoms with Crippen molar-refractivity contribution in [1.29, 1.82) is 0 Å². The number of amides is 1. The van der Waals surface area contributed by atoms with Crippen molar-refractivity contribution in [2.24, 2.45) is 5.73 Å². The van der Waals surface area contributed by atoms with E-state index in [0.717, 1.165) is 23.2 Å². The van der Waals surface area contributed by atoms with Crippen LogP contribution in [0.25, 0.3) is 0 Å². The number of hydrogen-bond donors (Lipinski definition) is 1. The molecule has 1 aromatic carbocycles. The maximum Gasteiger partial charge on any atom is 0.243 e. The molecule has 0 bridgehead atoms. The molecule has 2 N–H and O–H groups in total. The number of carbonyl (C=O) groups excluding carboxylic acids is 1. The van der Waals surface area contributed by atoms with Gasteiger partial charge in [0.05, 0.1) is 5.69 Å². The average Bonchev–Trinajstić information content (AvgIpc) is 2.46. The lowest BCUT2D eigenvalue weighted by Crippen LogP contribution is -2.36. The van der Waals surface area contributed by atoms with Gasteiger partial charge in [-0.15, -0.1) is 11.6 Å². The molecule has 0 spiro atoms. The Hall–Kier alpha value is -1.10. The lowest BCUT2D eigenvalue weighted by atomic mass is 10.0. The maximum atomic E-state index is 12.0. The van der Waals surface area contributed by atoms with E-state index in [1.807, 2.05) is 32.0 Å². The summed E-state index contributed by atoms with van der Waals surface area (Å²) in [4.78, 5) is 13.6. The lowest BCUT2D eigenvalue weighted by Gasteiger charge is -2.26. The first-order valence-electron chi connectivity index (χ1n) is 6.44. The van der Waals surface area contributed by atoms with E-state index in [1.54, 1.807) is 4.90 Å². The number of hydrogen-bond acceptors (Lipinski definition) is 3. The Labute approximate surface area is 119 Å². The molecule has 5 heteroatoms. The molecule has 0 atom stereocenters. The molecule has 106 valence electrons. The van der Waals surface area contributed by atoms with Crippen LogP contribution in [-0.2, 0) is 22.5 Å². The molecule has 0 heterocycles. The Bertz CT molecular complexity index is 402. The molecule has 0 fully saturated rings. The summed E-state index contributed by atoms with van der Waals surface area (Å²) in [5, 5.41) is 0. The summed E-state index contributed by atoms with van der Waals surface area (Å²) in [6, 6.07) is 5.87. The maximum absolute atomic E-state index is 12.0. The number of nitrogens with two attached hydrogens (primary N) is 1. The third kappa shape index (κ3) is 3.93. The second-order valence-corrected chi connectivity index (χ2v) is 4.33. The highest BCUT2D eigenvalue weighted by Crippen LogP contribution is 2.26. The van der Waals surface area contributed by atoms with Crippen molar-refractivity contribution in [1.82, 2.24) is 0 Å². The number of benzene rings is 1. The van der Waals surface area contributed by atoms with Gasteiger partial charge in [-0.3, -0.25) is 9.69 Å². The van der Waals surface area contributed by atoms with Crippen LogP contribution < -0.4 is 10.6 Å². The topological polar surface area (TPSA) is 55.6 Å². The highest BCUT2D eigenvalue weighted by atomic mass is 35.5. The molecule has 0 aromatic heterocycles. The smallest absolute Gasteiger partial charge is 0.243 e. The molecular formula is C14H21ClN2O2. The third-order valence-electron chi connectivity index (χ3n) is 2.91. The summed E-state index contributed by atoms with van der Waals surface area (Å²) in [7, 11) is 0. The standard InChI is InChI=1S/C14H21ClN2O2/c1-3-11-6-5-7-12(9-16)14(11)17(10-19-4-2)13(18)8-15/h5-7H,3-4,8-10,16H2,1-2H3. The van der Waals surface area contributed by atoms with Crippen molar-refractivity contribution in [2.45, 2.75) is 26.8 Å². The fraction of sp³-hybridized carbons (Fsp3) is 0.500. The quantitative estimate of drug-likeness (QED) is 0.617. The number of alkyl halides is 1. The highest BCUT2D eigenvalue weighted by molar-refractivity contribution is 6.29. The van der Waals surface area contributed by atoms with Gasteiger partial charge >= 0.3 is 0 Å². The number of rotatable bonds is 7. The second kappa shape index (κ2) is 8.15. The van der Waals surface area contributed by atoms with Crippen molar-refractivity contribution in [3.63, 3.8) is 0 Å². The first-order valence-corrected chi connectivity index (χ1v) is 6.97. The highest BCUT2D eigenvalue weighted by Gasteiger charge is 2.20. The zero-order chi connectivity index (χ0) is 14.3. The van der Waals surface area contributed by atoms with E-state index >= 15 is 0 Å². The minimum absolute atomic E-state index is 0.0743. The van der Waals surface area contributed by atoms with E-state index in [1.165, 1.54) is 0 Å². The summed E-state index contributed by atoms with van der Waals surface area (Å²) in [6.45, 7) is 5.05. The molecule has 0 unspecified atom stereocenters. The number of halogens is 1. The predicted octanol–water partition coefficient (Wildman–Crippen LogP) is 2.27. The Balaban J connectivity index is 3.22. The molecule has 0 aliphatic rings. The van der Waals surface area contributed by atoms with E-state index in [2.05, 4.69) is 0 Å². The molecule has 1 amide bonds. The Kier molecular flexibility index (Phi) is 6.84. The summed E-state index contributed by atoms with van der Waals surface area (Å²) in [6.07, 6.45) is 0.821. The molecule has 1 aromatic rings. The van der Waals surface area contributed by atoms with Crippen LogP contribution in [0.4, 0.5) is 5.69 Å². The van der Waals surface area contributed by atoms with Crippen molar-refractivity contribution in [3.8, 4) is 0 Å². The normalized spacial score (nSPS) is 10.5. The number of carbonyl (C=O) groups is 1. The fourth-order valence-corrected chi connectivity index (χ4v) is 2.10. The van der Waals surface area contributed by atoms with Crippen molar-refractivity contribution >= 4 is 23.2 Å². The second-order valence-electron chi connectivity index (χ2n) is 4.06. The first kappa shape index (κ1) is 16.0. The summed E-state index contributed by atoms with van der Waals surface area (Å²) in [5.41, 5.74) is 8.61. The van der Waals surface area contributed by atoms with E-state index in [9.17, 15) is 4.79 Å². The number of anilines is 1. The molecule has 0 aliphatic heterocycles. The first-order chi connectivity index (χ1) is 9.19. The zero-order valence-corrected chi connectivity index (χ0v) is 12.2. The molecular weight excluding hydrogens is 264 g/mol. The minimum atomic E-state index is -0.175. The van der Waals surface area contributed by atoms with Crippen LogP contribution in [0.2, 0.25) is 0 Å². The van der Waals surface area contributed by atoms with Crippen LogP contribution in [0.1, 0.15) is 25.0 Å². The Morgan fingerprint density at radius 2 is 2.05 bits per heavy atom. The van der Waals surface area contributed by atoms with Crippen molar-refractivity contribution < 1.29 is 9.53 Å². The van der Waals surface area contributed by atoms with Gasteiger partial charge in [0, 0.05) is 13.2 Å². The largest absolute Gasteiger partial charge is 0.361 e. The van der Waals surface area contributed by atoms with Gasteiger partial charge in [-0.1, -0.05) is 25.1 Å². The van der Waals surface area contributed by atoms with E-state index in [0.29, 0.717) is 13.2 Å². The van der Waals surface area contributed by atoms with Crippen LogP contribution in [0, 0.1) is 0 Å². The molecule has 0 aliphatic carbocycles. The van der Waals surface area contributed by atoms with Crippen LogP contribution in [0.5, 0.6) is 0 Å². The van der Waals surface area contributed by atoms with Gasteiger partial charge in [0.2, 0.25) is 5.91 Å². The monoisotopic (exact) mass is 284 g/mol. The summed E-state index contributed by atoms with van der Waals surface area (Å²) in [5.74, 6) is -0.250. The van der Waals surface area contributed by atoms with Gasteiger partial charge in [-0.25, -0.2) is 0 Å². The molecule has 0 saturated heterocycles. The van der Waals surface area contributed by atoms with Gasteiger partial charge in [-0.05, 0) is 24.5 Å². The van der Waals surface area contributed by atoms with Crippen LogP contribution >= 0.6 is 11.6 Å². The fourth-order valence-electron chi connectivity index (χ4n) is 1.96. The van der Waals surface area contributed by atoms with E-state index in [-0.39, 0.29) is 18.5 Å².